The van der Waals surface area contributed by atoms with Gasteiger partial charge in [-0.15, -0.1) is 0 Å². The van der Waals surface area contributed by atoms with Crippen LogP contribution in [0.25, 0.3) is 10.8 Å². The number of aryl methyl sites for hydroxylation is 2. The summed E-state index contributed by atoms with van der Waals surface area (Å²) in [4.78, 5) is 24.7. The van der Waals surface area contributed by atoms with E-state index >= 15 is 0 Å². The topological polar surface area (TPSA) is 86.9 Å². The maximum atomic E-state index is 12.4. The third kappa shape index (κ3) is 4.38. The number of nitrogens with zero attached hydrogens (tertiary/aromatic N) is 1. The van der Waals surface area contributed by atoms with E-state index in [1.54, 1.807) is 12.1 Å². The molecule has 3 aromatic carbocycles. The summed E-state index contributed by atoms with van der Waals surface area (Å²) in [6.45, 7) is 4.03. The quantitative estimate of drug-likeness (QED) is 0.463. The molecule has 0 atom stereocenters. The first-order chi connectivity index (χ1) is 14.5. The van der Waals surface area contributed by atoms with Crippen LogP contribution in [-0.4, -0.2) is 16.2 Å². The number of aromatic amines is 1. The number of rotatable bonds is 4. The van der Waals surface area contributed by atoms with Gasteiger partial charge in [-0.05, 0) is 43.7 Å². The van der Waals surface area contributed by atoms with Crippen LogP contribution in [0.2, 0.25) is 0 Å². The molecule has 0 aliphatic carbocycles. The van der Waals surface area contributed by atoms with E-state index in [0.717, 1.165) is 22.2 Å². The van der Waals surface area contributed by atoms with E-state index in [9.17, 15) is 9.59 Å². The van der Waals surface area contributed by atoms with Crippen LogP contribution in [0.1, 0.15) is 22.4 Å². The third-order valence-corrected chi connectivity index (χ3v) is 4.89. The molecule has 0 fully saturated rings. The van der Waals surface area contributed by atoms with E-state index < -0.39 is 0 Å². The van der Waals surface area contributed by atoms with Crippen molar-refractivity contribution < 1.29 is 4.79 Å². The molecular formula is C24H22N4O2. The lowest BCUT2D eigenvalue weighted by Gasteiger charge is -2.10. The first-order valence-corrected chi connectivity index (χ1v) is 9.69. The lowest BCUT2D eigenvalue weighted by Crippen LogP contribution is -2.19. The van der Waals surface area contributed by atoms with Crippen molar-refractivity contribution in [1.82, 2.24) is 10.2 Å². The second-order valence-electron chi connectivity index (χ2n) is 7.37. The van der Waals surface area contributed by atoms with Crippen LogP contribution >= 0.6 is 0 Å². The number of hydrogen-bond donors (Lipinski definition) is 3. The number of aromatic nitrogens is 2. The Bertz CT molecular complexity index is 1280. The van der Waals surface area contributed by atoms with Crippen molar-refractivity contribution in [3.63, 3.8) is 0 Å². The highest BCUT2D eigenvalue weighted by molar-refractivity contribution is 6.01. The smallest absolute Gasteiger partial charge is 0.308 e. The lowest BCUT2D eigenvalue weighted by atomic mass is 10.0. The molecule has 4 aromatic rings. The summed E-state index contributed by atoms with van der Waals surface area (Å²) in [5.41, 5.74) is 5.13. The Hall–Kier alpha value is -3.93. The second kappa shape index (κ2) is 8.21. The fourth-order valence-corrected chi connectivity index (χ4v) is 3.38. The van der Waals surface area contributed by atoms with E-state index in [2.05, 4.69) is 26.9 Å². The van der Waals surface area contributed by atoms with Gasteiger partial charge in [0.25, 0.3) is 5.56 Å². The lowest BCUT2D eigenvalue weighted by molar-refractivity contribution is 0.262. The van der Waals surface area contributed by atoms with Crippen LogP contribution < -0.4 is 16.2 Å². The van der Waals surface area contributed by atoms with Gasteiger partial charge in [-0.25, -0.2) is 9.89 Å². The van der Waals surface area contributed by atoms with Gasteiger partial charge in [-0.1, -0.05) is 53.6 Å². The first kappa shape index (κ1) is 19.4. The van der Waals surface area contributed by atoms with Crippen LogP contribution in [0.15, 0.2) is 71.5 Å². The molecule has 1 heterocycles. The normalized spacial score (nSPS) is 10.7. The summed E-state index contributed by atoms with van der Waals surface area (Å²) in [5.74, 6) is 0. The van der Waals surface area contributed by atoms with Crippen molar-refractivity contribution in [3.05, 3.63) is 99.5 Å². The van der Waals surface area contributed by atoms with Crippen LogP contribution in [0.4, 0.5) is 16.2 Å². The molecule has 0 spiro atoms. The van der Waals surface area contributed by atoms with Gasteiger partial charge < -0.3 is 10.6 Å². The Morgan fingerprint density at radius 1 is 0.867 bits per heavy atom. The molecule has 1 aromatic heterocycles. The standard InChI is InChI=1S/C24H22N4O2/c1-15-6-8-18(9-7-15)25-24(30)26-19-10-11-20-21(14-19)23(29)28-27-22(20)13-17-5-3-4-16(2)12-17/h3-12,14H,13H2,1-2H3,(H,28,29)(H2,25,26,30). The SMILES string of the molecule is Cc1ccc(NC(=O)Nc2ccc3c(Cc4cccc(C)c4)n[nH]c(=O)c3c2)cc1. The van der Waals surface area contributed by atoms with Gasteiger partial charge in [0.2, 0.25) is 0 Å². The molecule has 0 unspecified atom stereocenters. The number of nitrogens with one attached hydrogen (secondary N) is 3. The Morgan fingerprint density at radius 3 is 2.37 bits per heavy atom. The van der Waals surface area contributed by atoms with E-state index in [4.69, 9.17) is 0 Å². The third-order valence-electron chi connectivity index (χ3n) is 4.89. The maximum Gasteiger partial charge on any atom is 0.323 e. The van der Waals surface area contributed by atoms with E-state index in [-0.39, 0.29) is 11.6 Å². The van der Waals surface area contributed by atoms with Crippen LogP contribution in [-0.2, 0) is 6.42 Å². The van der Waals surface area contributed by atoms with Gasteiger partial charge in [0.1, 0.15) is 0 Å². The van der Waals surface area contributed by atoms with Crippen molar-refractivity contribution in [3.8, 4) is 0 Å². The summed E-state index contributed by atoms with van der Waals surface area (Å²) in [5, 5.41) is 13.6. The number of H-pyrrole nitrogens is 1. The number of amides is 2. The second-order valence-corrected chi connectivity index (χ2v) is 7.37. The van der Waals surface area contributed by atoms with Gasteiger partial charge in [0, 0.05) is 23.2 Å². The highest BCUT2D eigenvalue weighted by atomic mass is 16.2. The van der Waals surface area contributed by atoms with Crippen molar-refractivity contribution in [2.45, 2.75) is 20.3 Å². The number of anilines is 2. The van der Waals surface area contributed by atoms with Crippen molar-refractivity contribution in [2.75, 3.05) is 10.6 Å². The van der Waals surface area contributed by atoms with Crippen LogP contribution in [0.3, 0.4) is 0 Å². The highest BCUT2D eigenvalue weighted by Gasteiger charge is 2.10. The van der Waals surface area contributed by atoms with Crippen molar-refractivity contribution >= 4 is 28.2 Å². The Balaban J connectivity index is 1.57. The fraction of sp³-hybridized carbons (Fsp3) is 0.125. The number of hydrogen-bond acceptors (Lipinski definition) is 3. The number of urea groups is 1. The highest BCUT2D eigenvalue weighted by Crippen LogP contribution is 2.21. The molecule has 0 aliphatic heterocycles. The molecule has 6 nitrogen and oxygen atoms in total. The summed E-state index contributed by atoms with van der Waals surface area (Å²) in [6.07, 6.45) is 0.607. The van der Waals surface area contributed by atoms with E-state index in [0.29, 0.717) is 23.2 Å². The Morgan fingerprint density at radius 2 is 1.60 bits per heavy atom. The summed E-state index contributed by atoms with van der Waals surface area (Å²) >= 11 is 0. The molecular weight excluding hydrogens is 376 g/mol. The first-order valence-electron chi connectivity index (χ1n) is 9.69. The number of carbonyl (C=O) groups excluding carboxylic acids is 1. The zero-order valence-electron chi connectivity index (χ0n) is 16.8. The molecule has 0 radical (unpaired) electrons. The molecule has 2 amide bonds. The minimum absolute atomic E-state index is 0.291. The predicted molar refractivity (Wildman–Crippen MR) is 120 cm³/mol. The molecule has 0 saturated carbocycles. The van der Waals surface area contributed by atoms with Crippen molar-refractivity contribution in [2.24, 2.45) is 0 Å². The average Bonchev–Trinajstić information content (AvgIpc) is 2.72. The number of carbonyl (C=O) groups is 1. The monoisotopic (exact) mass is 398 g/mol. The largest absolute Gasteiger partial charge is 0.323 e. The molecule has 150 valence electrons. The summed E-state index contributed by atoms with van der Waals surface area (Å²) in [6, 6.07) is 20.6. The molecule has 6 heteroatoms. The molecule has 3 N–H and O–H groups in total. The zero-order valence-corrected chi connectivity index (χ0v) is 16.8. The zero-order chi connectivity index (χ0) is 21.1. The summed E-state index contributed by atoms with van der Waals surface area (Å²) < 4.78 is 0. The van der Waals surface area contributed by atoms with E-state index in [1.165, 1.54) is 5.56 Å². The Labute approximate surface area is 174 Å². The fourth-order valence-electron chi connectivity index (χ4n) is 3.38. The van der Waals surface area contributed by atoms with Crippen LogP contribution in [0.5, 0.6) is 0 Å². The van der Waals surface area contributed by atoms with Crippen molar-refractivity contribution in [1.29, 1.82) is 0 Å². The molecule has 0 bridgehead atoms. The van der Waals surface area contributed by atoms with Gasteiger partial charge in [0.15, 0.2) is 0 Å². The maximum absolute atomic E-state index is 12.4. The van der Waals surface area contributed by atoms with Gasteiger partial charge in [0.05, 0.1) is 11.1 Å². The minimum atomic E-state index is -0.372. The predicted octanol–water partition coefficient (Wildman–Crippen LogP) is 4.77. The molecule has 0 saturated heterocycles. The van der Waals surface area contributed by atoms with Crippen LogP contribution in [0, 0.1) is 13.8 Å². The Kier molecular flexibility index (Phi) is 5.30. The van der Waals surface area contributed by atoms with Gasteiger partial charge >= 0.3 is 6.03 Å². The number of benzene rings is 3. The van der Waals surface area contributed by atoms with Gasteiger partial charge in [-0.3, -0.25) is 4.79 Å². The number of fused-ring (bicyclic) bond motifs is 1. The molecule has 4 rings (SSSR count). The summed E-state index contributed by atoms with van der Waals surface area (Å²) in [7, 11) is 0. The molecule has 30 heavy (non-hydrogen) atoms. The van der Waals surface area contributed by atoms with E-state index in [1.807, 2.05) is 62.4 Å². The minimum Gasteiger partial charge on any atom is -0.308 e. The van der Waals surface area contributed by atoms with Gasteiger partial charge in [-0.2, -0.15) is 5.10 Å². The average molecular weight is 398 g/mol. The molecule has 0 aliphatic rings.